The Morgan fingerprint density at radius 3 is 1.75 bits per heavy atom. The largest absolute Gasteiger partial charge is 0.309 e. The van der Waals surface area contributed by atoms with Gasteiger partial charge in [-0.2, -0.15) is 0 Å². The fourth-order valence-corrected chi connectivity index (χ4v) is 8.92. The highest BCUT2D eigenvalue weighted by Crippen LogP contribution is 2.48. The summed E-state index contributed by atoms with van der Waals surface area (Å²) in [6.07, 6.45) is 0. The number of rotatable bonds is 3. The molecule has 3 heterocycles. The zero-order valence-corrected chi connectivity index (χ0v) is 28.1. The van der Waals surface area contributed by atoms with Crippen molar-refractivity contribution < 1.29 is 0 Å². The molecular formula is C49H29N3. The second-order valence-electron chi connectivity index (χ2n) is 14.0. The van der Waals surface area contributed by atoms with Crippen molar-refractivity contribution in [2.75, 3.05) is 0 Å². The minimum absolute atomic E-state index is 0.939. The van der Waals surface area contributed by atoms with E-state index in [-0.39, 0.29) is 0 Å². The molecule has 0 unspecified atom stereocenters. The van der Waals surface area contributed by atoms with Crippen LogP contribution in [0.2, 0.25) is 0 Å². The van der Waals surface area contributed by atoms with Gasteiger partial charge in [-0.25, -0.2) is 4.98 Å². The average Bonchev–Trinajstić information content (AvgIpc) is 3.83. The lowest BCUT2D eigenvalue weighted by atomic mass is 10.00. The third kappa shape index (κ3) is 3.77. The van der Waals surface area contributed by atoms with Crippen LogP contribution in [0.15, 0.2) is 176 Å². The first-order valence-corrected chi connectivity index (χ1v) is 17.9. The Morgan fingerprint density at radius 2 is 0.942 bits per heavy atom. The van der Waals surface area contributed by atoms with E-state index in [1.807, 2.05) is 0 Å². The maximum absolute atomic E-state index is 5.37. The molecule has 0 saturated carbocycles. The van der Waals surface area contributed by atoms with Gasteiger partial charge < -0.3 is 4.57 Å². The van der Waals surface area contributed by atoms with Crippen LogP contribution in [0.5, 0.6) is 0 Å². The van der Waals surface area contributed by atoms with Gasteiger partial charge in [-0.1, -0.05) is 109 Å². The van der Waals surface area contributed by atoms with Crippen molar-refractivity contribution >= 4 is 65.3 Å². The van der Waals surface area contributed by atoms with Gasteiger partial charge in [0.1, 0.15) is 5.82 Å². The minimum Gasteiger partial charge on any atom is -0.309 e. The molecule has 0 N–H and O–H groups in total. The van der Waals surface area contributed by atoms with Crippen molar-refractivity contribution in [2.45, 2.75) is 0 Å². The summed E-state index contributed by atoms with van der Waals surface area (Å²) in [7, 11) is 0. The van der Waals surface area contributed by atoms with Gasteiger partial charge in [0.05, 0.1) is 27.6 Å². The lowest BCUT2D eigenvalue weighted by Gasteiger charge is -2.11. The predicted molar refractivity (Wildman–Crippen MR) is 218 cm³/mol. The number of hydrogen-bond donors (Lipinski definition) is 0. The van der Waals surface area contributed by atoms with Crippen LogP contribution >= 0.6 is 0 Å². The van der Waals surface area contributed by atoms with Crippen LogP contribution in [0.3, 0.4) is 0 Å². The Labute approximate surface area is 299 Å². The summed E-state index contributed by atoms with van der Waals surface area (Å²) in [6.45, 7) is 0. The van der Waals surface area contributed by atoms with E-state index in [2.05, 4.69) is 185 Å². The maximum atomic E-state index is 5.37. The fourth-order valence-electron chi connectivity index (χ4n) is 8.92. The number of para-hydroxylation sites is 2. The van der Waals surface area contributed by atoms with E-state index in [0.717, 1.165) is 22.4 Å². The Balaban J connectivity index is 1.11. The third-order valence-electron chi connectivity index (χ3n) is 11.2. The van der Waals surface area contributed by atoms with Gasteiger partial charge >= 0.3 is 0 Å². The zero-order chi connectivity index (χ0) is 33.9. The first-order valence-electron chi connectivity index (χ1n) is 17.9. The Bertz CT molecular complexity index is 3290. The molecule has 0 spiro atoms. The van der Waals surface area contributed by atoms with Gasteiger partial charge in [0, 0.05) is 32.6 Å². The zero-order valence-electron chi connectivity index (χ0n) is 28.1. The van der Waals surface area contributed by atoms with Crippen LogP contribution in [-0.4, -0.2) is 14.1 Å². The minimum atomic E-state index is 0.939. The lowest BCUT2D eigenvalue weighted by molar-refractivity contribution is 1.10. The van der Waals surface area contributed by atoms with Crippen molar-refractivity contribution in [2.24, 2.45) is 0 Å². The molecule has 240 valence electrons. The molecule has 3 aromatic heterocycles. The molecule has 0 amide bonds. The maximum Gasteiger partial charge on any atom is 0.138 e. The molecule has 0 atom stereocenters. The molecule has 0 aliphatic heterocycles. The molecule has 0 bridgehead atoms. The van der Waals surface area contributed by atoms with Crippen molar-refractivity contribution in [3.8, 4) is 44.9 Å². The number of benzene rings is 8. The highest BCUT2D eigenvalue weighted by atomic mass is 15.1. The monoisotopic (exact) mass is 659 g/mol. The van der Waals surface area contributed by atoms with Crippen molar-refractivity contribution in [3.63, 3.8) is 0 Å². The van der Waals surface area contributed by atoms with Crippen LogP contribution < -0.4 is 0 Å². The molecule has 1 aliphatic rings. The molecule has 3 heteroatoms. The number of nitrogens with zero attached hydrogens (tertiary/aromatic N) is 3. The topological polar surface area (TPSA) is 22.8 Å². The normalized spacial score (nSPS) is 12.2. The van der Waals surface area contributed by atoms with Crippen molar-refractivity contribution in [1.29, 1.82) is 0 Å². The second-order valence-corrected chi connectivity index (χ2v) is 14.0. The van der Waals surface area contributed by atoms with Gasteiger partial charge in [0.25, 0.3) is 0 Å². The summed E-state index contributed by atoms with van der Waals surface area (Å²) < 4.78 is 4.75. The van der Waals surface area contributed by atoms with Gasteiger partial charge in [0.15, 0.2) is 0 Å². The molecule has 0 saturated heterocycles. The van der Waals surface area contributed by atoms with Crippen LogP contribution in [0.4, 0.5) is 0 Å². The van der Waals surface area contributed by atoms with Crippen molar-refractivity contribution in [3.05, 3.63) is 176 Å². The molecule has 12 rings (SSSR count). The van der Waals surface area contributed by atoms with E-state index in [0.29, 0.717) is 0 Å². The van der Waals surface area contributed by atoms with Gasteiger partial charge in [-0.05, 0) is 111 Å². The Morgan fingerprint density at radius 1 is 0.346 bits per heavy atom. The van der Waals surface area contributed by atoms with E-state index in [4.69, 9.17) is 4.98 Å². The Kier molecular flexibility index (Phi) is 5.50. The molecule has 0 radical (unpaired) electrons. The van der Waals surface area contributed by atoms with Crippen LogP contribution in [0.1, 0.15) is 0 Å². The second kappa shape index (κ2) is 10.3. The Hall–Kier alpha value is -6.97. The average molecular weight is 660 g/mol. The van der Waals surface area contributed by atoms with Gasteiger partial charge in [0.2, 0.25) is 0 Å². The van der Waals surface area contributed by atoms with E-state index in [1.165, 1.54) is 87.8 Å². The highest BCUT2D eigenvalue weighted by Gasteiger charge is 2.24. The van der Waals surface area contributed by atoms with Crippen molar-refractivity contribution in [1.82, 2.24) is 14.1 Å². The first kappa shape index (κ1) is 27.8. The summed E-state index contributed by atoms with van der Waals surface area (Å²) >= 11 is 0. The molecule has 8 aromatic carbocycles. The van der Waals surface area contributed by atoms with E-state index < -0.39 is 0 Å². The lowest BCUT2D eigenvalue weighted by Crippen LogP contribution is -1.98. The summed E-state index contributed by atoms with van der Waals surface area (Å²) in [5.41, 5.74) is 14.4. The van der Waals surface area contributed by atoms with Gasteiger partial charge in [-0.3, -0.25) is 4.57 Å². The molecule has 0 fully saturated rings. The standard InChI is InChI=1S/C49H29N3/c1-2-13-34(14-3-1)51-44-20-9-8-17-37(44)39-26-32(21-23-45(39)51)33-22-24-46-40(27-33)41-25-30-11-4-5-12-31(30)28-47(41)52(46)48-29-42-36-16-7-6-15-35(36)38-18-10-19-43(50-48)49(38)42/h1-29H. The summed E-state index contributed by atoms with van der Waals surface area (Å²) in [5, 5.41) is 8.65. The summed E-state index contributed by atoms with van der Waals surface area (Å²) in [5.74, 6) is 0.939. The van der Waals surface area contributed by atoms with Crippen LogP contribution in [-0.2, 0) is 0 Å². The quantitative estimate of drug-likeness (QED) is 0.185. The van der Waals surface area contributed by atoms with E-state index >= 15 is 0 Å². The number of pyridine rings is 1. The van der Waals surface area contributed by atoms with E-state index in [1.54, 1.807) is 0 Å². The molecule has 52 heavy (non-hydrogen) atoms. The molecule has 3 nitrogen and oxygen atoms in total. The smallest absolute Gasteiger partial charge is 0.138 e. The number of aromatic nitrogens is 3. The SMILES string of the molecule is c1ccc(-n2c3ccccc3c3cc(-c4ccc5c(c4)c4cc6ccccc6cc4n5-c4cc5c6c(cccc6n4)-c4ccccc4-5)ccc32)cc1. The summed E-state index contributed by atoms with van der Waals surface area (Å²) in [4.78, 5) is 5.37. The molecule has 11 aromatic rings. The molecule has 1 aliphatic carbocycles. The summed E-state index contributed by atoms with van der Waals surface area (Å²) in [6, 6.07) is 64.2. The fraction of sp³-hybridized carbons (Fsp3) is 0. The van der Waals surface area contributed by atoms with E-state index in [9.17, 15) is 0 Å². The van der Waals surface area contributed by atoms with Gasteiger partial charge in [-0.15, -0.1) is 0 Å². The predicted octanol–water partition coefficient (Wildman–Crippen LogP) is 12.9. The third-order valence-corrected chi connectivity index (χ3v) is 11.2. The van der Waals surface area contributed by atoms with Crippen LogP contribution in [0, 0.1) is 0 Å². The number of fused-ring (bicyclic) bond motifs is 10. The first-order chi connectivity index (χ1) is 25.8. The highest BCUT2D eigenvalue weighted by molar-refractivity contribution is 6.17. The molecular weight excluding hydrogens is 631 g/mol. The number of hydrogen-bond acceptors (Lipinski definition) is 1. The van der Waals surface area contributed by atoms with Crippen LogP contribution in [0.25, 0.3) is 110 Å².